The van der Waals surface area contributed by atoms with Gasteiger partial charge in [0.05, 0.1) is 0 Å². The molecule has 0 nitrogen and oxygen atoms in total. The molecule has 15 heavy (non-hydrogen) atoms. The number of benzene rings is 1. The summed E-state index contributed by atoms with van der Waals surface area (Å²) in [5, 5.41) is 0. The van der Waals surface area contributed by atoms with Crippen LogP contribution in [0.2, 0.25) is 0 Å². The summed E-state index contributed by atoms with van der Waals surface area (Å²) in [5.74, 6) is -1.12. The first-order valence-electron chi connectivity index (χ1n) is 4.78. The van der Waals surface area contributed by atoms with E-state index in [1.165, 1.54) is 12.1 Å². The van der Waals surface area contributed by atoms with Crippen LogP contribution >= 0.6 is 0 Å². The SMILES string of the molecule is C=C(C)CCC(=C)c1ccc(F)cc1F. The third-order valence-corrected chi connectivity index (χ3v) is 2.17. The molecule has 0 saturated carbocycles. The van der Waals surface area contributed by atoms with Crippen molar-refractivity contribution >= 4 is 5.57 Å². The maximum Gasteiger partial charge on any atom is 0.133 e. The van der Waals surface area contributed by atoms with E-state index < -0.39 is 11.6 Å². The predicted octanol–water partition coefficient (Wildman–Crippen LogP) is 4.33. The maximum absolute atomic E-state index is 13.3. The van der Waals surface area contributed by atoms with Crippen LogP contribution in [-0.4, -0.2) is 0 Å². The van der Waals surface area contributed by atoms with E-state index in [1.807, 2.05) is 6.92 Å². The summed E-state index contributed by atoms with van der Waals surface area (Å²) in [6.45, 7) is 9.46. The standard InChI is InChI=1S/C13H14F2/c1-9(2)4-5-10(3)12-7-6-11(14)8-13(12)15/h6-8H,1,3-5H2,2H3. The molecule has 0 aliphatic heterocycles. The molecular weight excluding hydrogens is 194 g/mol. The molecule has 0 aromatic heterocycles. The van der Waals surface area contributed by atoms with Crippen molar-refractivity contribution in [1.82, 2.24) is 0 Å². The van der Waals surface area contributed by atoms with Crippen molar-refractivity contribution in [2.24, 2.45) is 0 Å². The predicted molar refractivity (Wildman–Crippen MR) is 59.4 cm³/mol. The third-order valence-electron chi connectivity index (χ3n) is 2.17. The molecule has 0 N–H and O–H groups in total. The summed E-state index contributed by atoms with van der Waals surface area (Å²) in [6, 6.07) is 3.54. The molecule has 0 unspecified atom stereocenters. The Morgan fingerprint density at radius 1 is 1.20 bits per heavy atom. The highest BCUT2D eigenvalue weighted by atomic mass is 19.1. The molecule has 0 heterocycles. The van der Waals surface area contributed by atoms with Crippen molar-refractivity contribution in [3.63, 3.8) is 0 Å². The molecule has 80 valence electrons. The fourth-order valence-electron chi connectivity index (χ4n) is 1.28. The Morgan fingerprint density at radius 2 is 1.87 bits per heavy atom. The fraction of sp³-hybridized carbons (Fsp3) is 0.231. The normalized spacial score (nSPS) is 10.1. The van der Waals surface area contributed by atoms with Crippen molar-refractivity contribution < 1.29 is 8.78 Å². The van der Waals surface area contributed by atoms with E-state index >= 15 is 0 Å². The summed E-state index contributed by atoms with van der Waals surface area (Å²) >= 11 is 0. The van der Waals surface area contributed by atoms with Crippen molar-refractivity contribution in [2.75, 3.05) is 0 Å². The van der Waals surface area contributed by atoms with Gasteiger partial charge in [0.15, 0.2) is 0 Å². The van der Waals surface area contributed by atoms with E-state index in [2.05, 4.69) is 13.2 Å². The lowest BCUT2D eigenvalue weighted by molar-refractivity contribution is 0.580. The van der Waals surface area contributed by atoms with Gasteiger partial charge in [0.1, 0.15) is 11.6 Å². The summed E-state index contributed by atoms with van der Waals surface area (Å²) in [5.41, 5.74) is 2.09. The molecule has 0 saturated heterocycles. The van der Waals surface area contributed by atoms with Crippen LogP contribution in [0.15, 0.2) is 36.9 Å². The van der Waals surface area contributed by atoms with Crippen molar-refractivity contribution in [1.29, 1.82) is 0 Å². The van der Waals surface area contributed by atoms with Crippen molar-refractivity contribution in [2.45, 2.75) is 19.8 Å². The van der Waals surface area contributed by atoms with Gasteiger partial charge in [-0.05, 0) is 37.5 Å². The number of rotatable bonds is 4. The van der Waals surface area contributed by atoms with Crippen molar-refractivity contribution in [3.05, 3.63) is 54.1 Å². The average molecular weight is 208 g/mol. The van der Waals surface area contributed by atoms with Crippen LogP contribution in [-0.2, 0) is 0 Å². The minimum atomic E-state index is -0.566. The van der Waals surface area contributed by atoms with Gasteiger partial charge in [0.2, 0.25) is 0 Å². The Bertz CT molecular complexity index is 392. The van der Waals surface area contributed by atoms with Crippen LogP contribution in [0.4, 0.5) is 8.78 Å². The Kier molecular flexibility index (Phi) is 3.78. The zero-order valence-electron chi connectivity index (χ0n) is 8.82. The molecule has 0 radical (unpaired) electrons. The van der Waals surface area contributed by atoms with Gasteiger partial charge in [-0.25, -0.2) is 8.78 Å². The first-order valence-corrected chi connectivity index (χ1v) is 4.78. The summed E-state index contributed by atoms with van der Waals surface area (Å²) in [7, 11) is 0. The van der Waals surface area contributed by atoms with Crippen LogP contribution in [0.5, 0.6) is 0 Å². The van der Waals surface area contributed by atoms with Gasteiger partial charge >= 0.3 is 0 Å². The molecule has 2 heteroatoms. The maximum atomic E-state index is 13.3. The van der Waals surface area contributed by atoms with Crippen LogP contribution in [0.25, 0.3) is 5.57 Å². The second kappa shape index (κ2) is 4.87. The smallest absolute Gasteiger partial charge is 0.133 e. The first kappa shape index (κ1) is 11.6. The molecule has 0 spiro atoms. The molecule has 1 aromatic rings. The van der Waals surface area contributed by atoms with E-state index in [0.29, 0.717) is 17.6 Å². The lowest BCUT2D eigenvalue weighted by Crippen LogP contribution is -1.91. The van der Waals surface area contributed by atoms with E-state index in [4.69, 9.17) is 0 Å². The van der Waals surface area contributed by atoms with E-state index in [9.17, 15) is 8.78 Å². The Hall–Kier alpha value is -1.44. The first-order chi connectivity index (χ1) is 7.00. The Balaban J connectivity index is 2.78. The summed E-state index contributed by atoms with van der Waals surface area (Å²) in [4.78, 5) is 0. The summed E-state index contributed by atoms with van der Waals surface area (Å²) in [6.07, 6.45) is 1.42. The topological polar surface area (TPSA) is 0 Å². The van der Waals surface area contributed by atoms with Gasteiger partial charge in [-0.2, -0.15) is 0 Å². The molecule has 1 aromatic carbocycles. The average Bonchev–Trinajstić information content (AvgIpc) is 2.14. The second-order valence-electron chi connectivity index (χ2n) is 3.68. The number of allylic oxidation sites excluding steroid dienone is 2. The van der Waals surface area contributed by atoms with Crippen LogP contribution in [0.1, 0.15) is 25.3 Å². The second-order valence-corrected chi connectivity index (χ2v) is 3.68. The molecule has 0 fully saturated rings. The number of hydrogen-bond donors (Lipinski definition) is 0. The minimum Gasteiger partial charge on any atom is -0.207 e. The zero-order valence-corrected chi connectivity index (χ0v) is 8.82. The minimum absolute atomic E-state index is 0.387. The van der Waals surface area contributed by atoms with E-state index in [1.54, 1.807) is 0 Å². The number of hydrogen-bond acceptors (Lipinski definition) is 0. The van der Waals surface area contributed by atoms with Gasteiger partial charge < -0.3 is 0 Å². The van der Waals surface area contributed by atoms with E-state index in [-0.39, 0.29) is 0 Å². The fourth-order valence-corrected chi connectivity index (χ4v) is 1.28. The van der Waals surface area contributed by atoms with Crippen molar-refractivity contribution in [3.8, 4) is 0 Å². The Morgan fingerprint density at radius 3 is 2.40 bits per heavy atom. The lowest BCUT2D eigenvalue weighted by Gasteiger charge is -2.07. The summed E-state index contributed by atoms with van der Waals surface area (Å²) < 4.78 is 25.9. The molecule has 0 aliphatic rings. The monoisotopic (exact) mass is 208 g/mol. The van der Waals surface area contributed by atoms with Gasteiger partial charge in [-0.3, -0.25) is 0 Å². The highest BCUT2D eigenvalue weighted by molar-refractivity contribution is 5.63. The van der Waals surface area contributed by atoms with Gasteiger partial charge in [-0.1, -0.05) is 12.2 Å². The molecular formula is C13H14F2. The molecule has 0 bridgehead atoms. The largest absolute Gasteiger partial charge is 0.207 e. The van der Waals surface area contributed by atoms with Gasteiger partial charge in [-0.15, -0.1) is 6.58 Å². The lowest BCUT2D eigenvalue weighted by atomic mass is 10.0. The molecule has 0 amide bonds. The highest BCUT2D eigenvalue weighted by Gasteiger charge is 2.06. The van der Waals surface area contributed by atoms with Gasteiger partial charge in [0, 0.05) is 11.6 Å². The van der Waals surface area contributed by atoms with Gasteiger partial charge in [0.25, 0.3) is 0 Å². The molecule has 1 rings (SSSR count). The van der Waals surface area contributed by atoms with E-state index in [0.717, 1.165) is 18.1 Å². The Labute approximate surface area is 88.9 Å². The zero-order chi connectivity index (χ0) is 11.4. The molecule has 0 atom stereocenters. The van der Waals surface area contributed by atoms with Crippen LogP contribution < -0.4 is 0 Å². The quantitative estimate of drug-likeness (QED) is 0.646. The number of halogens is 2. The third kappa shape index (κ3) is 3.31. The van der Waals surface area contributed by atoms with Crippen LogP contribution in [0.3, 0.4) is 0 Å². The van der Waals surface area contributed by atoms with Crippen LogP contribution in [0, 0.1) is 11.6 Å². The molecule has 0 aliphatic carbocycles. The highest BCUT2D eigenvalue weighted by Crippen LogP contribution is 2.22.